The number of hydrogen-bond acceptors (Lipinski definition) is 8. The molecule has 39 heavy (non-hydrogen) atoms. The highest BCUT2D eigenvalue weighted by molar-refractivity contribution is 8.04. The van der Waals surface area contributed by atoms with Crippen molar-refractivity contribution in [3.63, 3.8) is 0 Å². The van der Waals surface area contributed by atoms with Crippen LogP contribution in [0.5, 0.6) is 0 Å². The van der Waals surface area contributed by atoms with Gasteiger partial charge in [-0.25, -0.2) is 8.42 Å². The van der Waals surface area contributed by atoms with Gasteiger partial charge in [0, 0.05) is 47.1 Å². The van der Waals surface area contributed by atoms with Crippen LogP contribution in [0.3, 0.4) is 0 Å². The second-order valence-electron chi connectivity index (χ2n) is 8.94. The third-order valence-electron chi connectivity index (χ3n) is 6.12. The van der Waals surface area contributed by atoms with Crippen molar-refractivity contribution in [3.8, 4) is 5.69 Å². The van der Waals surface area contributed by atoms with Gasteiger partial charge in [0.1, 0.15) is 4.70 Å². The van der Waals surface area contributed by atoms with Gasteiger partial charge in [0.15, 0.2) is 6.54 Å². The van der Waals surface area contributed by atoms with Gasteiger partial charge in [0.25, 0.3) is 15.1 Å². The summed E-state index contributed by atoms with van der Waals surface area (Å²) in [5.41, 5.74) is 2.69. The van der Waals surface area contributed by atoms with Gasteiger partial charge in [-0.3, -0.25) is 4.55 Å². The van der Waals surface area contributed by atoms with Crippen LogP contribution in [0.4, 0.5) is 5.69 Å². The second kappa shape index (κ2) is 11.2. The SMILES string of the molecule is O=S(=O)([O-])CCC[n+]1c(/C=C2/Sc3ccc(Cl)cc3N2CCCS(=O)(=O)O)sc2ccc(-n3cccc3)cc21. The summed E-state index contributed by atoms with van der Waals surface area (Å²) < 4.78 is 70.8. The molecule has 1 aliphatic rings. The van der Waals surface area contributed by atoms with Crippen LogP contribution in [0.2, 0.25) is 5.02 Å². The number of thiazole rings is 1. The lowest BCUT2D eigenvalue weighted by molar-refractivity contribution is -0.668. The fourth-order valence-electron chi connectivity index (χ4n) is 4.42. The molecule has 0 saturated heterocycles. The Balaban J connectivity index is 1.56. The van der Waals surface area contributed by atoms with Gasteiger partial charge in [0.2, 0.25) is 5.52 Å². The van der Waals surface area contributed by atoms with Gasteiger partial charge in [-0.15, -0.1) is 0 Å². The number of halogens is 1. The van der Waals surface area contributed by atoms with Crippen molar-refractivity contribution < 1.29 is 30.5 Å². The summed E-state index contributed by atoms with van der Waals surface area (Å²) >= 11 is 9.31. The van der Waals surface area contributed by atoms with Gasteiger partial charge >= 0.3 is 0 Å². The molecule has 0 aliphatic carbocycles. The van der Waals surface area contributed by atoms with Gasteiger partial charge in [-0.2, -0.15) is 13.0 Å². The highest BCUT2D eigenvalue weighted by Crippen LogP contribution is 2.48. The third kappa shape index (κ3) is 6.85. The maximum atomic E-state index is 11.3. The normalized spacial score (nSPS) is 14.9. The van der Waals surface area contributed by atoms with Crippen molar-refractivity contribution in [2.75, 3.05) is 23.0 Å². The van der Waals surface area contributed by atoms with E-state index in [2.05, 4.69) is 0 Å². The Labute approximate surface area is 239 Å². The van der Waals surface area contributed by atoms with Crippen molar-refractivity contribution in [1.29, 1.82) is 0 Å². The Bertz CT molecular complexity index is 1770. The summed E-state index contributed by atoms with van der Waals surface area (Å²) in [6, 6.07) is 15.4. The minimum atomic E-state index is -4.35. The first-order chi connectivity index (χ1) is 18.5. The lowest BCUT2D eigenvalue weighted by Crippen LogP contribution is -2.36. The molecule has 1 N–H and O–H groups in total. The van der Waals surface area contributed by atoms with Crippen LogP contribution in [-0.2, 0) is 26.8 Å². The van der Waals surface area contributed by atoms with Crippen LogP contribution in [0.25, 0.3) is 22.0 Å². The van der Waals surface area contributed by atoms with Crippen molar-refractivity contribution >= 4 is 76.9 Å². The molecule has 0 bridgehead atoms. The monoisotopic (exact) mass is 625 g/mol. The summed E-state index contributed by atoms with van der Waals surface area (Å²) in [4.78, 5) is 2.93. The Morgan fingerprint density at radius 2 is 1.79 bits per heavy atom. The number of nitrogens with zero attached hydrogens (tertiary/aromatic N) is 3. The number of rotatable bonds is 10. The zero-order chi connectivity index (χ0) is 27.8. The molecule has 2 aromatic carbocycles. The molecule has 0 unspecified atom stereocenters. The number of aryl methyl sites for hydroxylation is 1. The molecule has 3 heterocycles. The van der Waals surface area contributed by atoms with E-state index in [1.54, 1.807) is 6.07 Å². The number of fused-ring (bicyclic) bond motifs is 2. The highest BCUT2D eigenvalue weighted by Gasteiger charge is 2.28. The molecular formula is C25H24ClN3O6S4. The maximum absolute atomic E-state index is 11.3. The molecule has 0 saturated carbocycles. The Kier molecular flexibility index (Phi) is 8.11. The van der Waals surface area contributed by atoms with E-state index in [-0.39, 0.29) is 18.6 Å². The summed E-state index contributed by atoms with van der Waals surface area (Å²) in [7, 11) is -8.46. The molecule has 5 rings (SSSR count). The van der Waals surface area contributed by atoms with Crippen LogP contribution in [0, 0.1) is 0 Å². The molecule has 206 valence electrons. The lowest BCUT2D eigenvalue weighted by Gasteiger charge is -2.20. The zero-order valence-corrected chi connectivity index (χ0v) is 24.5. The number of thioether (sulfide) groups is 1. The minimum absolute atomic E-state index is 0.160. The predicted molar refractivity (Wildman–Crippen MR) is 154 cm³/mol. The van der Waals surface area contributed by atoms with Crippen molar-refractivity contribution in [3.05, 3.63) is 76.0 Å². The van der Waals surface area contributed by atoms with E-state index in [0.717, 1.165) is 36.5 Å². The van der Waals surface area contributed by atoms with Crippen molar-refractivity contribution in [2.24, 2.45) is 0 Å². The first-order valence-corrected chi connectivity index (χ1v) is 17.1. The van der Waals surface area contributed by atoms with Gasteiger partial charge in [0.05, 0.1) is 38.4 Å². The van der Waals surface area contributed by atoms with Crippen molar-refractivity contribution in [1.82, 2.24) is 4.57 Å². The van der Waals surface area contributed by atoms with E-state index in [9.17, 15) is 25.9 Å². The van der Waals surface area contributed by atoms with Crippen LogP contribution >= 0.6 is 34.7 Å². The van der Waals surface area contributed by atoms with Crippen LogP contribution in [0.1, 0.15) is 17.8 Å². The largest absolute Gasteiger partial charge is 0.748 e. The lowest BCUT2D eigenvalue weighted by atomic mass is 10.2. The average Bonchev–Trinajstić information content (AvgIpc) is 3.57. The standard InChI is InChI=1S/C25H24ClN3O6S4/c26-18-5-7-22-20(15-18)28(11-3-13-38(30,31)32)24(36-22)17-25-29(12-4-14-39(33,34)35)21-16-19(6-8-23(21)37-25)27-9-1-2-10-27/h1-2,5-10,15-17H,3-4,11-14H2,(H-,30,31,32,33,34,35). The minimum Gasteiger partial charge on any atom is -0.748 e. The van der Waals surface area contributed by atoms with E-state index < -0.39 is 26.0 Å². The summed E-state index contributed by atoms with van der Waals surface area (Å²) in [6.45, 7) is 0.658. The van der Waals surface area contributed by atoms with Crippen LogP contribution in [0.15, 0.2) is 70.8 Å². The van der Waals surface area contributed by atoms with E-state index in [4.69, 9.17) is 11.6 Å². The quantitative estimate of drug-likeness (QED) is 0.198. The van der Waals surface area contributed by atoms with Crippen molar-refractivity contribution in [2.45, 2.75) is 24.3 Å². The molecule has 1 aliphatic heterocycles. The second-order valence-corrected chi connectivity index (χ2v) is 14.6. The first kappa shape index (κ1) is 28.1. The molecular weight excluding hydrogens is 602 g/mol. The van der Waals surface area contributed by atoms with E-state index in [0.29, 0.717) is 18.1 Å². The third-order valence-corrected chi connectivity index (χ3v) is 10.2. The summed E-state index contributed by atoms with van der Waals surface area (Å²) in [5, 5.41) is 2.23. The topological polar surface area (TPSA) is 124 Å². The molecule has 2 aromatic heterocycles. The number of anilines is 1. The number of benzene rings is 2. The van der Waals surface area contributed by atoms with E-state index in [1.807, 2.05) is 75.0 Å². The molecule has 0 amide bonds. The van der Waals surface area contributed by atoms with Gasteiger partial charge in [-0.05, 0) is 48.9 Å². The molecule has 4 aromatic rings. The summed E-state index contributed by atoms with van der Waals surface area (Å²) in [5.74, 6) is -0.836. The van der Waals surface area contributed by atoms with E-state index >= 15 is 0 Å². The Morgan fingerprint density at radius 3 is 2.51 bits per heavy atom. The summed E-state index contributed by atoms with van der Waals surface area (Å²) in [6.07, 6.45) is 6.22. The number of aromatic nitrogens is 2. The molecule has 0 fully saturated rings. The fourth-order valence-corrected chi connectivity index (χ4v) is 7.85. The smallest absolute Gasteiger partial charge is 0.265 e. The molecule has 9 nitrogen and oxygen atoms in total. The first-order valence-electron chi connectivity index (χ1n) is 11.9. The highest BCUT2D eigenvalue weighted by atomic mass is 35.5. The Hall–Kier alpha value is -2.39. The molecule has 0 radical (unpaired) electrons. The average molecular weight is 626 g/mol. The predicted octanol–water partition coefficient (Wildman–Crippen LogP) is 4.76. The Morgan fingerprint density at radius 1 is 1.03 bits per heavy atom. The van der Waals surface area contributed by atoms with E-state index in [1.165, 1.54) is 23.1 Å². The molecule has 0 atom stereocenters. The van der Waals surface area contributed by atoms with Crippen LogP contribution in [-0.4, -0.2) is 48.6 Å². The fraction of sp³-hybridized carbons (Fsp3) is 0.240. The van der Waals surface area contributed by atoms with Gasteiger partial charge < -0.3 is 14.0 Å². The van der Waals surface area contributed by atoms with Gasteiger partial charge in [-0.1, -0.05) is 34.7 Å². The number of hydrogen-bond donors (Lipinski definition) is 1. The zero-order valence-electron chi connectivity index (χ0n) is 20.4. The molecule has 14 heteroatoms. The molecule has 0 spiro atoms. The maximum Gasteiger partial charge on any atom is 0.265 e. The van der Waals surface area contributed by atoms with Crippen LogP contribution < -0.4 is 9.47 Å².